The molecule has 1 aromatic heterocycles. The highest BCUT2D eigenvalue weighted by molar-refractivity contribution is 8.14. The molecule has 0 atom stereocenters. The van der Waals surface area contributed by atoms with Gasteiger partial charge in [-0.15, -0.1) is 0 Å². The predicted molar refractivity (Wildman–Crippen MR) is 124 cm³/mol. The lowest BCUT2D eigenvalue weighted by Gasteiger charge is -2.18. The number of aromatic nitrogens is 2. The normalized spacial score (nSPS) is 15.3. The summed E-state index contributed by atoms with van der Waals surface area (Å²) in [5.74, 6) is 0.151. The molecular weight excluding hydrogens is 442 g/mol. The first-order chi connectivity index (χ1) is 16.0. The van der Waals surface area contributed by atoms with Crippen LogP contribution in [-0.4, -0.2) is 34.6 Å². The third-order valence-corrected chi connectivity index (χ3v) is 5.38. The molecule has 4 rings (SSSR count). The van der Waals surface area contributed by atoms with Gasteiger partial charge >= 0.3 is 5.88 Å². The third kappa shape index (κ3) is 5.47. The number of hydrogen-bond donors (Lipinski definition) is 0. The number of thioether (sulfide) groups is 1. The van der Waals surface area contributed by atoms with Gasteiger partial charge in [0.15, 0.2) is 17.5 Å². The first-order valence-corrected chi connectivity index (χ1v) is 11.1. The minimum Gasteiger partial charge on any atom is -0.861 e. The van der Waals surface area contributed by atoms with Gasteiger partial charge in [-0.1, -0.05) is 46.8 Å². The van der Waals surface area contributed by atoms with Crippen molar-refractivity contribution in [2.75, 3.05) is 17.3 Å². The molecule has 1 aliphatic heterocycles. The highest BCUT2D eigenvalue weighted by Gasteiger charge is 2.31. The minimum atomic E-state index is -0.427. The lowest BCUT2D eigenvalue weighted by Crippen LogP contribution is -2.31. The lowest BCUT2D eigenvalue weighted by atomic mass is 10.2. The maximum Gasteiger partial charge on any atom is 0.320 e. The van der Waals surface area contributed by atoms with Crippen molar-refractivity contribution in [1.29, 1.82) is 0 Å². The molecule has 0 bridgehead atoms. The van der Waals surface area contributed by atoms with Gasteiger partial charge in [0.25, 0.3) is 12.1 Å². The van der Waals surface area contributed by atoms with Crippen molar-refractivity contribution in [2.45, 2.75) is 6.92 Å². The fourth-order valence-electron chi connectivity index (χ4n) is 3.03. The molecule has 0 N–H and O–H groups in total. The monoisotopic (exact) mass is 463 g/mol. The van der Waals surface area contributed by atoms with E-state index in [1.165, 1.54) is 15.8 Å². The second-order valence-corrected chi connectivity index (χ2v) is 7.85. The molecule has 1 aliphatic rings. The molecule has 0 aliphatic carbocycles. The van der Waals surface area contributed by atoms with E-state index in [1.807, 2.05) is 61.5 Å². The van der Waals surface area contributed by atoms with Crippen molar-refractivity contribution in [1.82, 2.24) is 5.27 Å². The highest BCUT2D eigenvalue weighted by Crippen LogP contribution is 2.29. The van der Waals surface area contributed by atoms with Gasteiger partial charge in [0.1, 0.15) is 11.4 Å². The van der Waals surface area contributed by atoms with Crippen LogP contribution >= 0.6 is 11.8 Å². The minimum absolute atomic E-state index is 0.0177. The lowest BCUT2D eigenvalue weighted by molar-refractivity contribution is -0.739. The number of aliphatic imine (C=N–C) groups is 2. The number of nitrogens with zero attached hydrogens (tertiary/aromatic N) is 5. The Labute approximate surface area is 194 Å². The third-order valence-electron chi connectivity index (χ3n) is 4.46. The Hall–Kier alpha value is -3.92. The van der Waals surface area contributed by atoms with Crippen molar-refractivity contribution in [3.05, 3.63) is 72.1 Å². The second-order valence-electron chi connectivity index (χ2n) is 6.91. The van der Waals surface area contributed by atoms with Gasteiger partial charge in [-0.25, -0.2) is 9.98 Å². The zero-order valence-electron chi connectivity index (χ0n) is 18.0. The van der Waals surface area contributed by atoms with E-state index in [1.54, 1.807) is 13.1 Å². The van der Waals surface area contributed by atoms with Crippen molar-refractivity contribution in [2.24, 2.45) is 17.0 Å². The van der Waals surface area contributed by atoms with Crippen LogP contribution in [0.5, 0.6) is 5.75 Å². The molecule has 0 fully saturated rings. The highest BCUT2D eigenvalue weighted by atomic mass is 32.2. The number of ether oxygens (including phenoxy) is 1. The SMILES string of the molecule is CCOc1ccc(/C=C2/N=C(SC/C([O-])=N/c3c[n+](C)no3)N(c3ccccc3)C2=O)cc1. The van der Waals surface area contributed by atoms with Crippen LogP contribution in [0.2, 0.25) is 0 Å². The van der Waals surface area contributed by atoms with Crippen LogP contribution in [0.25, 0.3) is 6.08 Å². The van der Waals surface area contributed by atoms with Crippen molar-refractivity contribution >= 4 is 46.4 Å². The number of hydrogen-bond acceptors (Lipinski definition) is 8. The Morgan fingerprint density at radius 2 is 2.00 bits per heavy atom. The summed E-state index contributed by atoms with van der Waals surface area (Å²) < 4.78 is 11.8. The number of carbonyl (C=O) groups excluding carboxylic acids is 1. The largest absolute Gasteiger partial charge is 0.861 e. The summed E-state index contributed by atoms with van der Waals surface area (Å²) in [7, 11) is 1.66. The van der Waals surface area contributed by atoms with E-state index in [4.69, 9.17) is 9.26 Å². The molecule has 0 spiro atoms. The number of carbonyl (C=O) groups is 1. The van der Waals surface area contributed by atoms with E-state index in [-0.39, 0.29) is 23.2 Å². The molecule has 2 heterocycles. The molecule has 33 heavy (non-hydrogen) atoms. The Morgan fingerprint density at radius 1 is 1.24 bits per heavy atom. The smallest absolute Gasteiger partial charge is 0.320 e. The maximum absolute atomic E-state index is 13.2. The topological polar surface area (TPSA) is 107 Å². The van der Waals surface area contributed by atoms with E-state index >= 15 is 0 Å². The van der Waals surface area contributed by atoms with Gasteiger partial charge in [0.2, 0.25) is 0 Å². The van der Waals surface area contributed by atoms with Crippen molar-refractivity contribution in [3.8, 4) is 5.75 Å². The fraction of sp³-hybridized carbons (Fsp3) is 0.174. The Morgan fingerprint density at radius 3 is 2.67 bits per heavy atom. The Kier molecular flexibility index (Phi) is 6.84. The maximum atomic E-state index is 13.2. The van der Waals surface area contributed by atoms with Crippen LogP contribution in [0.3, 0.4) is 0 Å². The first kappa shape index (κ1) is 22.3. The summed E-state index contributed by atoms with van der Waals surface area (Å²) >= 11 is 1.13. The van der Waals surface area contributed by atoms with Gasteiger partial charge in [-0.2, -0.15) is 0 Å². The van der Waals surface area contributed by atoms with Crippen LogP contribution in [0.1, 0.15) is 12.5 Å². The van der Waals surface area contributed by atoms with Crippen LogP contribution < -0.4 is 19.4 Å². The van der Waals surface area contributed by atoms with Gasteiger partial charge in [0.05, 0.1) is 12.3 Å². The van der Waals surface area contributed by atoms with Gasteiger partial charge in [-0.05, 0) is 48.7 Å². The summed E-state index contributed by atoms with van der Waals surface area (Å²) in [4.78, 5) is 23.1. The number of amides is 1. The summed E-state index contributed by atoms with van der Waals surface area (Å²) in [6, 6.07) is 16.6. The standard InChI is InChI=1S/C23H21N5O4S/c1-3-31-18-11-9-16(10-12-18)13-19-22(30)28(17-7-5-4-6-8-17)23(24-19)33-15-20(29)25-21-14-27(2)26-32-21/h4-14H,3,15H2,1-2H3/b19-13+. The number of para-hydroxylation sites is 1. The zero-order valence-corrected chi connectivity index (χ0v) is 18.9. The summed E-state index contributed by atoms with van der Waals surface area (Å²) in [5, 5.41) is 16.3. The molecule has 0 saturated heterocycles. The fourth-order valence-corrected chi connectivity index (χ4v) is 3.82. The molecule has 1 amide bonds. The van der Waals surface area contributed by atoms with E-state index in [2.05, 4.69) is 15.3 Å². The Bertz CT molecular complexity index is 1220. The average Bonchev–Trinajstić information content (AvgIpc) is 3.36. The van der Waals surface area contributed by atoms with E-state index in [9.17, 15) is 9.90 Å². The molecule has 0 unspecified atom stereocenters. The van der Waals surface area contributed by atoms with Crippen LogP contribution in [0, 0.1) is 0 Å². The van der Waals surface area contributed by atoms with Crippen molar-refractivity contribution < 1.29 is 23.8 Å². The number of rotatable bonds is 7. The predicted octanol–water partition coefficient (Wildman–Crippen LogP) is 2.47. The van der Waals surface area contributed by atoms with Crippen LogP contribution in [0.4, 0.5) is 11.6 Å². The number of amidine groups is 1. The number of aryl methyl sites for hydroxylation is 1. The van der Waals surface area contributed by atoms with Gasteiger partial charge in [-0.3, -0.25) is 14.2 Å². The molecule has 2 aromatic carbocycles. The summed E-state index contributed by atoms with van der Waals surface area (Å²) in [5.41, 5.74) is 1.75. The molecule has 9 nitrogen and oxygen atoms in total. The number of benzene rings is 2. The second kappa shape index (κ2) is 10.1. The van der Waals surface area contributed by atoms with E-state index in [0.29, 0.717) is 17.5 Å². The molecule has 3 aromatic rings. The van der Waals surface area contributed by atoms with Gasteiger partial charge < -0.3 is 9.84 Å². The molecule has 0 radical (unpaired) electrons. The molecular formula is C23H21N5O4S. The quantitative estimate of drug-likeness (QED) is 0.231. The molecule has 10 heteroatoms. The van der Waals surface area contributed by atoms with E-state index < -0.39 is 5.90 Å². The summed E-state index contributed by atoms with van der Waals surface area (Å²) in [6.45, 7) is 2.50. The van der Waals surface area contributed by atoms with E-state index in [0.717, 1.165) is 23.1 Å². The molecule has 168 valence electrons. The zero-order chi connectivity index (χ0) is 23.2. The molecule has 0 saturated carbocycles. The van der Waals surface area contributed by atoms with Crippen molar-refractivity contribution in [3.63, 3.8) is 0 Å². The first-order valence-electron chi connectivity index (χ1n) is 10.2. The van der Waals surface area contributed by atoms with Gasteiger partial charge in [0, 0.05) is 5.75 Å². The summed E-state index contributed by atoms with van der Waals surface area (Å²) in [6.07, 6.45) is 3.20. The number of anilines is 1. The average molecular weight is 464 g/mol. The van der Waals surface area contributed by atoms with Crippen LogP contribution in [0.15, 0.2) is 81.0 Å². The van der Waals surface area contributed by atoms with Crippen LogP contribution in [-0.2, 0) is 11.8 Å². The Balaban J connectivity index is 1.58.